The molecule has 5 atom stereocenters. The normalized spacial score (nSPS) is 26.3. The van der Waals surface area contributed by atoms with Crippen LogP contribution in [0.3, 0.4) is 0 Å². The molecule has 0 spiro atoms. The molecule has 2 aromatic carbocycles. The Morgan fingerprint density at radius 2 is 1.76 bits per heavy atom. The Kier molecular flexibility index (Phi) is 4.15. The van der Waals surface area contributed by atoms with Crippen molar-refractivity contribution >= 4 is 22.6 Å². The number of carbonyl (C=O) groups excluding carboxylic acids is 1. The number of rotatable bonds is 4. The Bertz CT molecular complexity index is 1080. The Hall–Kier alpha value is -2.83. The maximum Gasteiger partial charge on any atom is 0.227 e. The molecule has 2 aliphatic carbocycles. The number of amides is 1. The third-order valence-corrected chi connectivity index (χ3v) is 6.60. The summed E-state index contributed by atoms with van der Waals surface area (Å²) in [5.74, 6) is -1.10. The van der Waals surface area contributed by atoms with E-state index in [1.165, 1.54) is 18.2 Å². The Balaban J connectivity index is 1.25. The van der Waals surface area contributed by atoms with Crippen LogP contribution in [0.15, 0.2) is 42.7 Å². The van der Waals surface area contributed by atoms with Gasteiger partial charge in [0.15, 0.2) is 11.6 Å². The summed E-state index contributed by atoms with van der Waals surface area (Å²) >= 11 is 0. The number of aromatic nitrogens is 2. The number of carbonyl (C=O) groups is 1. The van der Waals surface area contributed by atoms with Crippen molar-refractivity contribution in [1.29, 1.82) is 0 Å². The van der Waals surface area contributed by atoms with Crippen molar-refractivity contribution in [2.75, 3.05) is 5.32 Å². The van der Waals surface area contributed by atoms with E-state index in [9.17, 15) is 18.0 Å². The van der Waals surface area contributed by atoms with E-state index in [1.54, 1.807) is 18.5 Å². The minimum atomic E-state index is -0.891. The molecule has 3 unspecified atom stereocenters. The van der Waals surface area contributed by atoms with Gasteiger partial charge in [-0.3, -0.25) is 4.79 Å². The fraction of sp³-hybridized carbons (Fsp3) is 0.364. The highest BCUT2D eigenvalue weighted by molar-refractivity contribution is 5.92. The topological polar surface area (TPSA) is 46.9 Å². The van der Waals surface area contributed by atoms with Gasteiger partial charge in [0, 0.05) is 29.8 Å². The molecule has 1 aromatic heterocycles. The maximum absolute atomic E-state index is 13.7. The van der Waals surface area contributed by atoms with Gasteiger partial charge in [0.25, 0.3) is 0 Å². The molecule has 1 heterocycles. The van der Waals surface area contributed by atoms with Crippen LogP contribution in [0.5, 0.6) is 0 Å². The predicted molar refractivity (Wildman–Crippen MR) is 103 cm³/mol. The molecule has 29 heavy (non-hydrogen) atoms. The lowest BCUT2D eigenvalue weighted by Gasteiger charge is -2.20. The van der Waals surface area contributed by atoms with Crippen LogP contribution in [0.1, 0.15) is 25.8 Å². The average Bonchev–Trinajstić information content (AvgIpc) is 3.02. The first-order valence-electron chi connectivity index (χ1n) is 9.80. The summed E-state index contributed by atoms with van der Waals surface area (Å²) in [7, 11) is 0. The molecule has 4 nitrogen and oxygen atoms in total. The Morgan fingerprint density at radius 3 is 2.45 bits per heavy atom. The van der Waals surface area contributed by atoms with Crippen LogP contribution < -0.4 is 5.32 Å². The van der Waals surface area contributed by atoms with E-state index >= 15 is 0 Å². The van der Waals surface area contributed by atoms with Crippen LogP contribution in [0.4, 0.5) is 18.9 Å². The summed E-state index contributed by atoms with van der Waals surface area (Å²) in [5, 5.41) is 2.86. The summed E-state index contributed by atoms with van der Waals surface area (Å²) in [5.41, 5.74) is 1.65. The lowest BCUT2D eigenvalue weighted by Crippen LogP contribution is -2.24. The molecule has 2 saturated carbocycles. The van der Waals surface area contributed by atoms with Gasteiger partial charge in [-0.1, -0.05) is 6.92 Å². The zero-order valence-corrected chi connectivity index (χ0v) is 15.8. The molecular formula is C22H20F3N3O. The van der Waals surface area contributed by atoms with E-state index in [-0.39, 0.29) is 23.7 Å². The highest BCUT2D eigenvalue weighted by Gasteiger charge is 2.59. The van der Waals surface area contributed by atoms with Gasteiger partial charge < -0.3 is 9.88 Å². The van der Waals surface area contributed by atoms with Gasteiger partial charge in [-0.2, -0.15) is 0 Å². The van der Waals surface area contributed by atoms with Crippen molar-refractivity contribution in [2.24, 2.45) is 23.7 Å². The zero-order valence-electron chi connectivity index (χ0n) is 15.8. The van der Waals surface area contributed by atoms with Crippen molar-refractivity contribution in [3.8, 4) is 0 Å². The second-order valence-corrected chi connectivity index (χ2v) is 8.22. The predicted octanol–water partition coefficient (Wildman–Crippen LogP) is 4.93. The summed E-state index contributed by atoms with van der Waals surface area (Å²) in [4.78, 5) is 16.8. The molecule has 3 aromatic rings. The highest BCUT2D eigenvalue weighted by Crippen LogP contribution is 2.64. The largest absolute Gasteiger partial charge is 0.327 e. The van der Waals surface area contributed by atoms with Gasteiger partial charge >= 0.3 is 0 Å². The lowest BCUT2D eigenvalue weighted by molar-refractivity contribution is -0.120. The first-order chi connectivity index (χ1) is 13.9. The molecule has 7 heteroatoms. The smallest absolute Gasteiger partial charge is 0.227 e. The summed E-state index contributed by atoms with van der Waals surface area (Å²) in [6, 6.07) is 8.26. The van der Waals surface area contributed by atoms with Crippen LogP contribution in [0, 0.1) is 41.1 Å². The number of halogens is 3. The Morgan fingerprint density at radius 1 is 1.10 bits per heavy atom. The molecule has 0 aliphatic heterocycles. The molecule has 2 fully saturated rings. The molecule has 0 saturated heterocycles. The van der Waals surface area contributed by atoms with E-state index in [1.807, 2.05) is 11.5 Å². The van der Waals surface area contributed by atoms with E-state index in [0.717, 1.165) is 18.9 Å². The van der Waals surface area contributed by atoms with Gasteiger partial charge in [0.2, 0.25) is 5.91 Å². The zero-order chi connectivity index (χ0) is 20.3. The highest BCUT2D eigenvalue weighted by atomic mass is 19.2. The minimum absolute atomic E-state index is 0.0572. The Labute approximate surface area is 165 Å². The van der Waals surface area contributed by atoms with Gasteiger partial charge in [0.05, 0.1) is 17.4 Å². The molecule has 0 bridgehead atoms. The van der Waals surface area contributed by atoms with E-state index in [4.69, 9.17) is 0 Å². The van der Waals surface area contributed by atoms with Crippen LogP contribution in [0.25, 0.3) is 11.0 Å². The van der Waals surface area contributed by atoms with Crippen molar-refractivity contribution < 1.29 is 18.0 Å². The van der Waals surface area contributed by atoms with Gasteiger partial charge in [-0.25, -0.2) is 18.2 Å². The molecule has 1 amide bonds. The molecular weight excluding hydrogens is 379 g/mol. The average molecular weight is 399 g/mol. The fourth-order valence-corrected chi connectivity index (χ4v) is 5.11. The number of imidazole rings is 1. The number of nitrogens with zero attached hydrogens (tertiary/aromatic N) is 2. The number of nitrogens with one attached hydrogen (secondary N) is 1. The monoisotopic (exact) mass is 399 g/mol. The number of hydrogen-bond donors (Lipinski definition) is 1. The first kappa shape index (κ1) is 18.2. The summed E-state index contributed by atoms with van der Waals surface area (Å²) in [6.07, 6.45) is 3.45. The second kappa shape index (κ2) is 6.61. The third-order valence-electron chi connectivity index (χ3n) is 6.60. The van der Waals surface area contributed by atoms with Crippen molar-refractivity contribution in [3.05, 3.63) is 60.2 Å². The molecule has 5 rings (SSSR count). The summed E-state index contributed by atoms with van der Waals surface area (Å²) in [6.45, 7) is 1.93. The third kappa shape index (κ3) is 3.09. The second-order valence-electron chi connectivity index (χ2n) is 8.22. The number of fused-ring (bicyclic) bond motifs is 2. The first-order valence-corrected chi connectivity index (χ1v) is 9.80. The van der Waals surface area contributed by atoms with Gasteiger partial charge in [-0.15, -0.1) is 0 Å². The number of anilines is 1. The summed E-state index contributed by atoms with van der Waals surface area (Å²) < 4.78 is 42.0. The van der Waals surface area contributed by atoms with E-state index in [2.05, 4.69) is 10.3 Å². The van der Waals surface area contributed by atoms with Crippen LogP contribution >= 0.6 is 0 Å². The quantitative estimate of drug-likeness (QED) is 0.677. The number of benzene rings is 2. The van der Waals surface area contributed by atoms with Gasteiger partial charge in [0.1, 0.15) is 5.82 Å². The maximum atomic E-state index is 13.7. The van der Waals surface area contributed by atoms with Crippen molar-refractivity contribution in [3.63, 3.8) is 0 Å². The fourth-order valence-electron chi connectivity index (χ4n) is 5.11. The standard InChI is InChI=1S/C22H20F3N3O/c1-11(22(29)27-13-4-2-12(23)3-5-13)21-15-6-14(7-16(15)21)28-10-26-19-8-17(24)18(25)9-20(19)28/h2-5,8-11,14-16,21H,6-7H2,1H3,(H,27,29)/t11?,14?,15-,16+,21?. The van der Waals surface area contributed by atoms with Crippen molar-refractivity contribution in [2.45, 2.75) is 25.8 Å². The minimum Gasteiger partial charge on any atom is -0.327 e. The molecule has 1 N–H and O–H groups in total. The lowest BCUT2D eigenvalue weighted by atomic mass is 9.96. The number of hydrogen-bond acceptors (Lipinski definition) is 2. The molecule has 2 aliphatic rings. The van der Waals surface area contributed by atoms with E-state index < -0.39 is 11.6 Å². The van der Waals surface area contributed by atoms with Crippen molar-refractivity contribution in [1.82, 2.24) is 9.55 Å². The SMILES string of the molecule is CC(C(=O)Nc1ccc(F)cc1)C1[C@H]2CC(n3cnc4cc(F)c(F)cc43)C[C@@H]12. The van der Waals surface area contributed by atoms with E-state index in [0.29, 0.717) is 34.5 Å². The molecule has 150 valence electrons. The molecule has 0 radical (unpaired) electrons. The van der Waals surface area contributed by atoms with Gasteiger partial charge in [-0.05, 0) is 54.9 Å². The van der Waals surface area contributed by atoms with Crippen LogP contribution in [-0.2, 0) is 4.79 Å². The van der Waals surface area contributed by atoms with Crippen LogP contribution in [0.2, 0.25) is 0 Å². The van der Waals surface area contributed by atoms with Crippen LogP contribution in [-0.4, -0.2) is 15.5 Å².